The van der Waals surface area contributed by atoms with E-state index in [1.807, 2.05) is 55.6 Å². The predicted molar refractivity (Wildman–Crippen MR) is 158 cm³/mol. The van der Waals surface area contributed by atoms with E-state index in [0.29, 0.717) is 23.6 Å². The van der Waals surface area contributed by atoms with E-state index in [9.17, 15) is 4.79 Å². The second-order valence-electron chi connectivity index (χ2n) is 9.93. The zero-order valence-corrected chi connectivity index (χ0v) is 23.3. The lowest BCUT2D eigenvalue weighted by atomic mass is 9.80. The molecular weight excluding hydrogens is 498 g/mol. The van der Waals surface area contributed by atoms with E-state index in [1.54, 1.807) is 6.20 Å². The van der Waals surface area contributed by atoms with Gasteiger partial charge in [0.1, 0.15) is 5.75 Å². The quantitative estimate of drug-likeness (QED) is 0.202. The molecule has 0 saturated heterocycles. The zero-order chi connectivity index (χ0) is 27.9. The van der Waals surface area contributed by atoms with Crippen molar-refractivity contribution in [1.29, 1.82) is 0 Å². The molecule has 1 aliphatic heterocycles. The highest BCUT2D eigenvalue weighted by molar-refractivity contribution is 5.96. The first kappa shape index (κ1) is 25.7. The number of hydrogen-bond acceptors (Lipinski definition) is 5. The highest BCUT2D eigenvalue weighted by Crippen LogP contribution is 2.53. The van der Waals surface area contributed by atoms with Crippen molar-refractivity contribution in [2.45, 2.75) is 33.3 Å². The minimum absolute atomic E-state index is 0.320. The van der Waals surface area contributed by atoms with Crippen molar-refractivity contribution in [3.63, 3.8) is 0 Å². The second-order valence-corrected chi connectivity index (χ2v) is 9.93. The summed E-state index contributed by atoms with van der Waals surface area (Å²) in [6, 6.07) is 26.5. The molecule has 0 radical (unpaired) electrons. The summed E-state index contributed by atoms with van der Waals surface area (Å²) in [7, 11) is 0. The normalized spacial score (nSPS) is 16.1. The van der Waals surface area contributed by atoms with E-state index in [-0.39, 0.29) is 0 Å². The third kappa shape index (κ3) is 3.78. The Kier molecular flexibility index (Phi) is 6.54. The van der Waals surface area contributed by atoms with Crippen molar-refractivity contribution in [1.82, 2.24) is 9.38 Å². The van der Waals surface area contributed by atoms with Crippen molar-refractivity contribution in [3.8, 4) is 16.9 Å². The first-order chi connectivity index (χ1) is 19.5. The maximum Gasteiger partial charge on any atom is 0.359 e. The lowest BCUT2D eigenvalue weighted by Crippen LogP contribution is -2.33. The Morgan fingerprint density at radius 3 is 2.45 bits per heavy atom. The van der Waals surface area contributed by atoms with E-state index in [1.165, 1.54) is 0 Å². The van der Waals surface area contributed by atoms with Crippen molar-refractivity contribution >= 4 is 17.2 Å². The van der Waals surface area contributed by atoms with Crippen LogP contribution in [0.4, 0.5) is 5.69 Å². The van der Waals surface area contributed by atoms with Crippen LogP contribution in [-0.4, -0.2) is 35.1 Å². The molecule has 6 nitrogen and oxygen atoms in total. The van der Waals surface area contributed by atoms with Crippen LogP contribution >= 0.6 is 0 Å². The van der Waals surface area contributed by atoms with Gasteiger partial charge in [0.25, 0.3) is 0 Å². The first-order valence-electron chi connectivity index (χ1n) is 13.9. The molecule has 0 fully saturated rings. The predicted octanol–water partition coefficient (Wildman–Crippen LogP) is 7.02. The fraction of sp³-hybridized carbons (Fsp3) is 0.235. The van der Waals surface area contributed by atoms with Gasteiger partial charge in [-0.25, -0.2) is 9.78 Å². The number of benzene rings is 2. The molecule has 1 unspecified atom stereocenters. The fourth-order valence-corrected chi connectivity index (χ4v) is 6.13. The topological polar surface area (TPSA) is 56.1 Å². The summed E-state index contributed by atoms with van der Waals surface area (Å²) in [5, 5.41) is 0. The third-order valence-corrected chi connectivity index (χ3v) is 7.89. The number of pyridine rings is 2. The first-order valence-corrected chi connectivity index (χ1v) is 13.9. The number of esters is 1. The standard InChI is InChI=1S/C34H33N3O3/c1-5-36(6-2)25-18-19-26(29(22-25)39-7-3)34(27-16-13-20-35-31(27)33(38)40-34)32-30(24-14-9-8-10-15-24)23(4)28-17-11-12-21-37(28)32/h8-22H,5-7H2,1-4H3. The van der Waals surface area contributed by atoms with Crippen molar-refractivity contribution in [2.24, 2.45) is 0 Å². The molecule has 5 aromatic rings. The largest absolute Gasteiger partial charge is 0.493 e. The molecule has 202 valence electrons. The number of fused-ring (bicyclic) bond motifs is 2. The molecule has 0 aliphatic carbocycles. The summed E-state index contributed by atoms with van der Waals surface area (Å²) in [5.74, 6) is 0.229. The van der Waals surface area contributed by atoms with Crippen LogP contribution in [0.15, 0.2) is 91.3 Å². The third-order valence-electron chi connectivity index (χ3n) is 7.89. The molecule has 6 heteroatoms. The van der Waals surface area contributed by atoms with Gasteiger partial charge in [-0.05, 0) is 69.2 Å². The van der Waals surface area contributed by atoms with E-state index >= 15 is 0 Å². The van der Waals surface area contributed by atoms with E-state index < -0.39 is 11.6 Å². The number of carbonyl (C=O) groups excluding carboxylic acids is 1. The van der Waals surface area contributed by atoms with Crippen LogP contribution < -0.4 is 9.64 Å². The second kappa shape index (κ2) is 10.2. The Morgan fingerprint density at radius 2 is 1.70 bits per heavy atom. The lowest BCUT2D eigenvalue weighted by Gasteiger charge is -2.33. The van der Waals surface area contributed by atoms with Crippen molar-refractivity contribution < 1.29 is 14.3 Å². The number of anilines is 1. The number of aryl methyl sites for hydroxylation is 1. The molecule has 1 aliphatic rings. The Bertz CT molecular complexity index is 1700. The number of nitrogens with zero attached hydrogens (tertiary/aromatic N) is 3. The SMILES string of the molecule is CCOc1cc(N(CC)CC)ccc1C1(c2c(-c3ccccc3)c(C)c3ccccn23)OC(=O)c2ncccc21. The number of rotatable bonds is 8. The van der Waals surface area contributed by atoms with Crippen LogP contribution in [0.2, 0.25) is 0 Å². The summed E-state index contributed by atoms with van der Waals surface area (Å²) in [4.78, 5) is 20.4. The smallest absolute Gasteiger partial charge is 0.359 e. The Morgan fingerprint density at radius 1 is 0.925 bits per heavy atom. The summed E-state index contributed by atoms with van der Waals surface area (Å²) in [5.41, 5.74) is 6.62. The van der Waals surface area contributed by atoms with Gasteiger partial charge in [0.15, 0.2) is 5.69 Å². The zero-order valence-electron chi connectivity index (χ0n) is 23.3. The molecule has 0 N–H and O–H groups in total. The van der Waals surface area contributed by atoms with E-state index in [4.69, 9.17) is 9.47 Å². The molecule has 0 saturated carbocycles. The average molecular weight is 532 g/mol. The molecule has 0 spiro atoms. The summed E-state index contributed by atoms with van der Waals surface area (Å²) in [6.45, 7) is 10.6. The van der Waals surface area contributed by atoms with Gasteiger partial charge < -0.3 is 18.8 Å². The van der Waals surface area contributed by atoms with Gasteiger partial charge in [-0.15, -0.1) is 0 Å². The van der Waals surface area contributed by atoms with E-state index in [2.05, 4.69) is 71.5 Å². The minimum Gasteiger partial charge on any atom is -0.493 e. The highest BCUT2D eigenvalue weighted by atomic mass is 16.6. The molecule has 0 bridgehead atoms. The van der Waals surface area contributed by atoms with Gasteiger partial charge in [0.2, 0.25) is 5.60 Å². The summed E-state index contributed by atoms with van der Waals surface area (Å²) < 4.78 is 15.1. The van der Waals surface area contributed by atoms with Crippen LogP contribution in [0.3, 0.4) is 0 Å². The maximum absolute atomic E-state index is 13.6. The summed E-state index contributed by atoms with van der Waals surface area (Å²) >= 11 is 0. The summed E-state index contributed by atoms with van der Waals surface area (Å²) in [6.07, 6.45) is 3.68. The van der Waals surface area contributed by atoms with Crippen LogP contribution in [0.25, 0.3) is 16.6 Å². The number of aromatic nitrogens is 2. The molecule has 2 aromatic carbocycles. The van der Waals surface area contributed by atoms with Gasteiger partial charge in [0, 0.05) is 59.4 Å². The molecule has 1 atom stereocenters. The molecule has 0 amide bonds. The van der Waals surface area contributed by atoms with Crippen LogP contribution in [-0.2, 0) is 10.3 Å². The van der Waals surface area contributed by atoms with Gasteiger partial charge in [0.05, 0.1) is 12.3 Å². The number of ether oxygens (including phenoxy) is 2. The van der Waals surface area contributed by atoms with Crippen molar-refractivity contribution in [2.75, 3.05) is 24.6 Å². The molecule has 4 heterocycles. The monoisotopic (exact) mass is 531 g/mol. The number of hydrogen-bond donors (Lipinski definition) is 0. The van der Waals surface area contributed by atoms with Crippen LogP contribution in [0.5, 0.6) is 5.75 Å². The van der Waals surface area contributed by atoms with Gasteiger partial charge in [-0.1, -0.05) is 42.5 Å². The molecule has 40 heavy (non-hydrogen) atoms. The van der Waals surface area contributed by atoms with Crippen LogP contribution in [0.1, 0.15) is 53.6 Å². The van der Waals surface area contributed by atoms with Crippen LogP contribution in [0, 0.1) is 6.92 Å². The fourth-order valence-electron chi connectivity index (χ4n) is 6.13. The molecule has 3 aromatic heterocycles. The minimum atomic E-state index is -1.29. The lowest BCUT2D eigenvalue weighted by molar-refractivity contribution is 0.0228. The molecule has 6 rings (SSSR count). The van der Waals surface area contributed by atoms with E-state index in [0.717, 1.165) is 52.2 Å². The number of carbonyl (C=O) groups is 1. The average Bonchev–Trinajstić information content (AvgIpc) is 3.46. The van der Waals surface area contributed by atoms with Gasteiger partial charge >= 0.3 is 5.97 Å². The maximum atomic E-state index is 13.6. The van der Waals surface area contributed by atoms with Crippen molar-refractivity contribution in [3.05, 3.63) is 119 Å². The Hall–Kier alpha value is -4.58. The molecular formula is C34H33N3O3. The Balaban J connectivity index is 1.77. The Labute approximate surface area is 234 Å². The highest BCUT2D eigenvalue weighted by Gasteiger charge is 2.54. The van der Waals surface area contributed by atoms with Gasteiger partial charge in [-0.2, -0.15) is 0 Å². The van der Waals surface area contributed by atoms with Gasteiger partial charge in [-0.3, -0.25) is 0 Å². The number of cyclic esters (lactones) is 1.